The van der Waals surface area contributed by atoms with Gasteiger partial charge in [-0.3, -0.25) is 9.59 Å². The third kappa shape index (κ3) is 1.24. The van der Waals surface area contributed by atoms with Gasteiger partial charge in [-0.05, 0) is 12.1 Å². The normalized spacial score (nSPS) is 33.6. The highest BCUT2D eigenvalue weighted by Gasteiger charge is 2.61. The molecule has 4 unspecified atom stereocenters. The minimum atomic E-state index is -0.441. The van der Waals surface area contributed by atoms with E-state index in [1.54, 1.807) is 24.3 Å². The van der Waals surface area contributed by atoms with Crippen molar-refractivity contribution in [2.45, 2.75) is 12.2 Å². The van der Waals surface area contributed by atoms with Gasteiger partial charge in [0.1, 0.15) is 6.07 Å². The molecule has 20 heavy (non-hydrogen) atoms. The molecule has 0 spiro atoms. The van der Waals surface area contributed by atoms with Gasteiger partial charge in [0, 0.05) is 0 Å². The van der Waals surface area contributed by atoms with Crippen LogP contribution in [0.5, 0.6) is 0 Å². The molecule has 2 saturated heterocycles. The fourth-order valence-electron chi connectivity index (χ4n) is 3.30. The molecule has 2 bridgehead atoms. The zero-order chi connectivity index (χ0) is 13.9. The Balaban J connectivity index is 1.81. The SMILES string of the molecule is N#Cc1ccccc1N1C(=O)C2C3C=CC(O3)C2C1=O. The monoisotopic (exact) mass is 266 g/mol. The topological polar surface area (TPSA) is 70.4 Å². The molecule has 1 aromatic carbocycles. The second-order valence-corrected chi connectivity index (χ2v) is 5.14. The van der Waals surface area contributed by atoms with E-state index in [1.807, 2.05) is 18.2 Å². The molecule has 4 atom stereocenters. The van der Waals surface area contributed by atoms with Crippen molar-refractivity contribution >= 4 is 17.5 Å². The summed E-state index contributed by atoms with van der Waals surface area (Å²) in [4.78, 5) is 26.2. The molecular formula is C15H10N2O3. The van der Waals surface area contributed by atoms with Crippen LogP contribution < -0.4 is 4.90 Å². The predicted molar refractivity (Wildman–Crippen MR) is 68.4 cm³/mol. The number of imide groups is 1. The zero-order valence-electron chi connectivity index (χ0n) is 10.4. The van der Waals surface area contributed by atoms with E-state index in [9.17, 15) is 9.59 Å². The molecule has 5 heteroatoms. The summed E-state index contributed by atoms with van der Waals surface area (Å²) in [6, 6.07) is 8.69. The molecule has 5 nitrogen and oxygen atoms in total. The lowest BCUT2D eigenvalue weighted by atomic mass is 9.85. The molecule has 98 valence electrons. The summed E-state index contributed by atoms with van der Waals surface area (Å²) < 4.78 is 5.58. The van der Waals surface area contributed by atoms with Crippen molar-refractivity contribution in [2.24, 2.45) is 11.8 Å². The fourth-order valence-corrected chi connectivity index (χ4v) is 3.30. The van der Waals surface area contributed by atoms with E-state index < -0.39 is 11.8 Å². The number of carbonyl (C=O) groups is 2. The number of nitrogens with zero attached hydrogens (tertiary/aromatic N) is 2. The summed E-state index contributed by atoms with van der Waals surface area (Å²) in [6.45, 7) is 0. The maximum absolute atomic E-state index is 12.5. The number of hydrogen-bond donors (Lipinski definition) is 0. The second kappa shape index (κ2) is 3.78. The minimum Gasteiger partial charge on any atom is -0.365 e. The quantitative estimate of drug-likeness (QED) is 0.561. The van der Waals surface area contributed by atoms with Gasteiger partial charge in [0.2, 0.25) is 11.8 Å². The lowest BCUT2D eigenvalue weighted by molar-refractivity contribution is -0.124. The van der Waals surface area contributed by atoms with Crippen LogP contribution in [0.4, 0.5) is 5.69 Å². The van der Waals surface area contributed by atoms with Crippen LogP contribution in [0.25, 0.3) is 0 Å². The van der Waals surface area contributed by atoms with E-state index in [0.29, 0.717) is 11.3 Å². The number of benzene rings is 1. The third-order valence-corrected chi connectivity index (χ3v) is 4.18. The van der Waals surface area contributed by atoms with Gasteiger partial charge in [-0.15, -0.1) is 0 Å². The van der Waals surface area contributed by atoms with E-state index in [2.05, 4.69) is 0 Å². The van der Waals surface area contributed by atoms with Crippen LogP contribution in [0.3, 0.4) is 0 Å². The average Bonchev–Trinajstić information content (AvgIpc) is 3.13. The molecular weight excluding hydrogens is 256 g/mol. The summed E-state index contributed by atoms with van der Waals surface area (Å²) >= 11 is 0. The van der Waals surface area contributed by atoms with Crippen molar-refractivity contribution in [2.75, 3.05) is 4.90 Å². The van der Waals surface area contributed by atoms with Crippen LogP contribution in [0, 0.1) is 23.2 Å². The summed E-state index contributed by atoms with van der Waals surface area (Å²) in [5.41, 5.74) is 0.703. The van der Waals surface area contributed by atoms with Crippen molar-refractivity contribution < 1.29 is 14.3 Å². The Labute approximate surface area is 115 Å². The van der Waals surface area contributed by atoms with Gasteiger partial charge in [0.15, 0.2) is 0 Å². The minimum absolute atomic E-state index is 0.264. The maximum atomic E-state index is 12.5. The van der Waals surface area contributed by atoms with E-state index in [4.69, 9.17) is 10.00 Å². The van der Waals surface area contributed by atoms with Crippen LogP contribution in [0.1, 0.15) is 5.56 Å². The van der Waals surface area contributed by atoms with Crippen LogP contribution in [-0.2, 0) is 14.3 Å². The smallest absolute Gasteiger partial charge is 0.240 e. The lowest BCUT2D eigenvalue weighted by Gasteiger charge is -2.18. The first-order chi connectivity index (χ1) is 9.72. The molecule has 0 N–H and O–H groups in total. The van der Waals surface area contributed by atoms with Gasteiger partial charge in [-0.1, -0.05) is 24.3 Å². The molecule has 3 aliphatic rings. The van der Waals surface area contributed by atoms with E-state index in [0.717, 1.165) is 4.90 Å². The summed E-state index contributed by atoms with van der Waals surface area (Å²) in [6.07, 6.45) is 3.08. The number of nitriles is 1. The first kappa shape index (κ1) is 11.4. The highest BCUT2D eigenvalue weighted by Crippen LogP contribution is 2.46. The Morgan fingerprint density at radius 1 is 1.05 bits per heavy atom. The number of ether oxygens (including phenoxy) is 1. The molecule has 2 fully saturated rings. The van der Waals surface area contributed by atoms with E-state index in [-0.39, 0.29) is 24.0 Å². The van der Waals surface area contributed by atoms with Crippen molar-refractivity contribution in [1.29, 1.82) is 5.26 Å². The van der Waals surface area contributed by atoms with Gasteiger partial charge in [-0.25, -0.2) is 4.90 Å². The Kier molecular flexibility index (Phi) is 2.15. The molecule has 4 rings (SSSR count). The number of hydrogen-bond acceptors (Lipinski definition) is 4. The largest absolute Gasteiger partial charge is 0.365 e. The fraction of sp³-hybridized carbons (Fsp3) is 0.267. The molecule has 3 aliphatic heterocycles. The highest BCUT2D eigenvalue weighted by molar-refractivity contribution is 6.23. The van der Waals surface area contributed by atoms with Crippen LogP contribution >= 0.6 is 0 Å². The van der Waals surface area contributed by atoms with Gasteiger partial charge in [0.05, 0.1) is 35.3 Å². The van der Waals surface area contributed by atoms with Gasteiger partial charge < -0.3 is 4.74 Å². The standard InChI is InChI=1S/C15H10N2O3/c16-7-8-3-1-2-4-9(8)17-14(18)12-10-5-6-11(20-10)13(12)15(17)19/h1-6,10-13H. The van der Waals surface area contributed by atoms with E-state index >= 15 is 0 Å². The molecule has 1 aromatic rings. The zero-order valence-corrected chi connectivity index (χ0v) is 10.4. The summed E-state index contributed by atoms with van der Waals surface area (Å²) in [5.74, 6) is -1.41. The Hall–Kier alpha value is -2.45. The molecule has 0 saturated carbocycles. The molecule has 0 aliphatic carbocycles. The van der Waals surface area contributed by atoms with Crippen molar-refractivity contribution in [1.82, 2.24) is 0 Å². The summed E-state index contributed by atoms with van der Waals surface area (Å²) in [7, 11) is 0. The Morgan fingerprint density at radius 3 is 2.25 bits per heavy atom. The van der Waals surface area contributed by atoms with Gasteiger partial charge in [0.25, 0.3) is 0 Å². The number of anilines is 1. The third-order valence-electron chi connectivity index (χ3n) is 4.18. The maximum Gasteiger partial charge on any atom is 0.240 e. The first-order valence-electron chi connectivity index (χ1n) is 6.43. The second-order valence-electron chi connectivity index (χ2n) is 5.14. The van der Waals surface area contributed by atoms with Crippen LogP contribution in [-0.4, -0.2) is 24.0 Å². The molecule has 2 amide bonds. The van der Waals surface area contributed by atoms with E-state index in [1.165, 1.54) is 0 Å². The molecule has 0 aromatic heterocycles. The number of rotatable bonds is 1. The van der Waals surface area contributed by atoms with Crippen molar-refractivity contribution in [3.8, 4) is 6.07 Å². The number of fused-ring (bicyclic) bond motifs is 5. The number of carbonyl (C=O) groups excluding carboxylic acids is 2. The Morgan fingerprint density at radius 2 is 1.65 bits per heavy atom. The molecule has 0 radical (unpaired) electrons. The Bertz CT molecular complexity index is 673. The first-order valence-corrected chi connectivity index (χ1v) is 6.43. The highest BCUT2D eigenvalue weighted by atomic mass is 16.5. The number of amides is 2. The van der Waals surface area contributed by atoms with Crippen LogP contribution in [0.2, 0.25) is 0 Å². The average molecular weight is 266 g/mol. The van der Waals surface area contributed by atoms with Crippen molar-refractivity contribution in [3.63, 3.8) is 0 Å². The van der Waals surface area contributed by atoms with Gasteiger partial charge in [-0.2, -0.15) is 5.26 Å². The van der Waals surface area contributed by atoms with Crippen LogP contribution in [0.15, 0.2) is 36.4 Å². The molecule has 3 heterocycles. The number of para-hydroxylation sites is 1. The van der Waals surface area contributed by atoms with Crippen molar-refractivity contribution in [3.05, 3.63) is 42.0 Å². The lowest BCUT2D eigenvalue weighted by Crippen LogP contribution is -2.34. The van der Waals surface area contributed by atoms with Gasteiger partial charge >= 0.3 is 0 Å². The summed E-state index contributed by atoms with van der Waals surface area (Å²) in [5, 5.41) is 9.13. The predicted octanol–water partition coefficient (Wildman–Crippen LogP) is 1.00.